The first-order chi connectivity index (χ1) is 17.9. The average molecular weight is 528 g/mol. The fourth-order valence-electron chi connectivity index (χ4n) is 5.81. The van der Waals surface area contributed by atoms with Crippen LogP contribution < -0.4 is 5.32 Å². The van der Waals surface area contributed by atoms with Crippen molar-refractivity contribution in [1.82, 2.24) is 15.2 Å². The topological polar surface area (TPSA) is 97.8 Å². The molecule has 1 aromatic carbocycles. The van der Waals surface area contributed by atoms with Gasteiger partial charge in [0, 0.05) is 37.2 Å². The highest BCUT2D eigenvalue weighted by molar-refractivity contribution is 6.29. The van der Waals surface area contributed by atoms with E-state index in [2.05, 4.69) is 27.3 Å². The van der Waals surface area contributed by atoms with Gasteiger partial charge in [-0.3, -0.25) is 14.5 Å². The van der Waals surface area contributed by atoms with E-state index in [1.54, 1.807) is 26.1 Å². The van der Waals surface area contributed by atoms with Crippen molar-refractivity contribution in [3.05, 3.63) is 64.9 Å². The van der Waals surface area contributed by atoms with Crippen LogP contribution in [0.5, 0.6) is 0 Å². The van der Waals surface area contributed by atoms with Gasteiger partial charge in [-0.1, -0.05) is 48.0 Å². The summed E-state index contributed by atoms with van der Waals surface area (Å²) in [6.07, 6.45) is 3.74. The Morgan fingerprint density at radius 3 is 2.46 bits per heavy atom. The lowest BCUT2D eigenvalue weighted by Gasteiger charge is -2.30. The number of rotatable bonds is 11. The van der Waals surface area contributed by atoms with Crippen LogP contribution >= 0.6 is 11.6 Å². The molecule has 2 bridgehead atoms. The summed E-state index contributed by atoms with van der Waals surface area (Å²) in [5.41, 5.74) is 2.14. The Morgan fingerprint density at radius 1 is 1.05 bits per heavy atom. The maximum Gasteiger partial charge on any atom is 0.328 e. The van der Waals surface area contributed by atoms with Crippen LogP contribution in [0.25, 0.3) is 0 Å². The molecule has 1 aromatic heterocycles. The molecule has 2 aliphatic rings. The summed E-state index contributed by atoms with van der Waals surface area (Å²) in [6, 6.07) is 13.1. The van der Waals surface area contributed by atoms with E-state index in [0.717, 1.165) is 24.9 Å². The van der Waals surface area contributed by atoms with Gasteiger partial charge in [0.15, 0.2) is 0 Å². The molecule has 0 radical (unpaired) electrons. The predicted octanol–water partition coefficient (Wildman–Crippen LogP) is 3.87. The Bertz CT molecular complexity index is 1080. The number of aromatic nitrogens is 1. The Balaban J connectivity index is 1.58. The second kappa shape index (κ2) is 12.5. The van der Waals surface area contributed by atoms with Crippen molar-refractivity contribution >= 4 is 29.4 Å². The first-order valence-electron chi connectivity index (χ1n) is 13.0. The maximum absolute atomic E-state index is 13.9. The number of carbonyl (C=O) groups excluding carboxylic acids is 3. The maximum atomic E-state index is 13.9. The molecule has 0 saturated carbocycles. The summed E-state index contributed by atoms with van der Waals surface area (Å²) in [6.45, 7) is 4.62. The number of hydrogen-bond donors (Lipinski definition) is 1. The molecular weight excluding hydrogens is 494 g/mol. The minimum absolute atomic E-state index is 0.0128. The summed E-state index contributed by atoms with van der Waals surface area (Å²) in [7, 11) is 0. The van der Waals surface area contributed by atoms with Gasteiger partial charge < -0.3 is 14.8 Å². The minimum atomic E-state index is -0.928. The van der Waals surface area contributed by atoms with Gasteiger partial charge in [0.2, 0.25) is 5.91 Å². The molecule has 3 heterocycles. The zero-order valence-corrected chi connectivity index (χ0v) is 22.0. The third kappa shape index (κ3) is 6.30. The molecule has 1 N–H and O–H groups in total. The molecule has 5 atom stereocenters. The van der Waals surface area contributed by atoms with Crippen molar-refractivity contribution in [2.45, 2.75) is 70.1 Å². The van der Waals surface area contributed by atoms with Gasteiger partial charge >= 0.3 is 11.9 Å². The van der Waals surface area contributed by atoms with E-state index in [1.165, 1.54) is 5.56 Å². The number of amides is 1. The van der Waals surface area contributed by atoms with Crippen LogP contribution in [0.3, 0.4) is 0 Å². The second-order valence-corrected chi connectivity index (χ2v) is 9.88. The van der Waals surface area contributed by atoms with Crippen LogP contribution in [-0.2, 0) is 30.4 Å². The highest BCUT2D eigenvalue weighted by Gasteiger charge is 2.56. The zero-order chi connectivity index (χ0) is 26.4. The van der Waals surface area contributed by atoms with E-state index in [-0.39, 0.29) is 55.9 Å². The summed E-state index contributed by atoms with van der Waals surface area (Å²) >= 11 is 6.06. The van der Waals surface area contributed by atoms with Gasteiger partial charge in [-0.05, 0) is 50.3 Å². The van der Waals surface area contributed by atoms with Crippen LogP contribution in [0.2, 0.25) is 5.15 Å². The number of hydrogen-bond acceptors (Lipinski definition) is 7. The molecule has 198 valence electrons. The van der Waals surface area contributed by atoms with E-state index in [4.69, 9.17) is 21.1 Å². The van der Waals surface area contributed by atoms with E-state index < -0.39 is 18.0 Å². The van der Waals surface area contributed by atoms with E-state index in [0.29, 0.717) is 5.15 Å². The largest absolute Gasteiger partial charge is 0.466 e. The molecule has 2 fully saturated rings. The Kier molecular flexibility index (Phi) is 9.16. The van der Waals surface area contributed by atoms with Crippen molar-refractivity contribution in [2.75, 3.05) is 13.2 Å². The third-order valence-electron chi connectivity index (χ3n) is 7.30. The molecule has 9 heteroatoms. The van der Waals surface area contributed by atoms with Crippen molar-refractivity contribution in [3.8, 4) is 0 Å². The lowest BCUT2D eigenvalue weighted by molar-refractivity contribution is -0.149. The number of halogens is 1. The van der Waals surface area contributed by atoms with Crippen LogP contribution in [0, 0.1) is 5.92 Å². The lowest BCUT2D eigenvalue weighted by atomic mass is 9.75. The van der Waals surface area contributed by atoms with Crippen molar-refractivity contribution < 1.29 is 23.9 Å². The number of esters is 2. The molecule has 0 spiro atoms. The number of ether oxygens (including phenoxy) is 2. The molecule has 8 nitrogen and oxygen atoms in total. The lowest BCUT2D eigenvalue weighted by Crippen LogP contribution is -2.48. The van der Waals surface area contributed by atoms with Gasteiger partial charge in [0.25, 0.3) is 0 Å². The molecule has 2 saturated heterocycles. The average Bonchev–Trinajstić information content (AvgIpc) is 3.42. The number of fused-ring (bicyclic) bond motifs is 2. The van der Waals surface area contributed by atoms with Crippen LogP contribution in [0.4, 0.5) is 0 Å². The van der Waals surface area contributed by atoms with Gasteiger partial charge in [-0.15, -0.1) is 0 Å². The quantitative estimate of drug-likeness (QED) is 0.350. The molecule has 1 unspecified atom stereocenters. The number of nitrogens with zero attached hydrogens (tertiary/aromatic N) is 2. The predicted molar refractivity (Wildman–Crippen MR) is 139 cm³/mol. The SMILES string of the molecule is CCOC(=O)CCC(NC(=O)[C@H]1[C@H](c2ccc(Cl)nc2)[C@H]2CC[C@@H]1N2Cc1ccccc1)C(=O)OCC. The first-order valence-corrected chi connectivity index (χ1v) is 13.3. The third-order valence-corrected chi connectivity index (χ3v) is 7.53. The molecular formula is C28H34ClN3O5. The summed E-state index contributed by atoms with van der Waals surface area (Å²) < 4.78 is 10.2. The first kappa shape index (κ1) is 27.1. The summed E-state index contributed by atoms with van der Waals surface area (Å²) in [5, 5.41) is 3.33. The number of benzene rings is 1. The van der Waals surface area contributed by atoms with Gasteiger partial charge in [-0.25, -0.2) is 9.78 Å². The molecule has 0 aliphatic carbocycles. The van der Waals surface area contributed by atoms with Gasteiger partial charge in [0.05, 0.1) is 19.1 Å². The minimum Gasteiger partial charge on any atom is -0.466 e. The molecule has 2 aliphatic heterocycles. The van der Waals surface area contributed by atoms with Crippen LogP contribution in [0.15, 0.2) is 48.7 Å². The fourth-order valence-corrected chi connectivity index (χ4v) is 5.92. The van der Waals surface area contributed by atoms with Crippen molar-refractivity contribution in [2.24, 2.45) is 5.92 Å². The molecule has 37 heavy (non-hydrogen) atoms. The highest BCUT2D eigenvalue weighted by Crippen LogP contribution is 2.51. The monoisotopic (exact) mass is 527 g/mol. The van der Waals surface area contributed by atoms with Crippen molar-refractivity contribution in [3.63, 3.8) is 0 Å². The second-order valence-electron chi connectivity index (χ2n) is 9.49. The van der Waals surface area contributed by atoms with Crippen molar-refractivity contribution in [1.29, 1.82) is 0 Å². The molecule has 1 amide bonds. The highest BCUT2D eigenvalue weighted by atomic mass is 35.5. The van der Waals surface area contributed by atoms with Gasteiger partial charge in [0.1, 0.15) is 11.2 Å². The zero-order valence-electron chi connectivity index (χ0n) is 21.3. The Morgan fingerprint density at radius 2 is 1.78 bits per heavy atom. The Hall–Kier alpha value is -2.97. The number of pyridine rings is 1. The summed E-state index contributed by atoms with van der Waals surface area (Å²) in [5.74, 6) is -1.66. The number of nitrogens with one attached hydrogen (secondary N) is 1. The smallest absolute Gasteiger partial charge is 0.328 e. The normalized spacial score (nSPS) is 23.4. The standard InChI is InChI=1S/C28H34ClN3O5/c1-3-36-24(33)15-11-20(28(35)37-4-2)31-27(34)26-22-13-12-21(25(26)19-10-14-23(29)30-16-19)32(22)17-18-8-6-5-7-9-18/h5-10,14,16,20-22,25-26H,3-4,11-13,15,17H2,1-2H3,(H,31,34)/t20?,21-,22+,25-,26-/m1/s1. The molecule has 2 aromatic rings. The number of carbonyl (C=O) groups is 3. The van der Waals surface area contributed by atoms with E-state index in [9.17, 15) is 14.4 Å². The van der Waals surface area contributed by atoms with E-state index in [1.807, 2.05) is 24.3 Å². The van der Waals surface area contributed by atoms with Crippen LogP contribution in [0.1, 0.15) is 56.6 Å². The van der Waals surface area contributed by atoms with Gasteiger partial charge in [-0.2, -0.15) is 0 Å². The summed E-state index contributed by atoms with van der Waals surface area (Å²) in [4.78, 5) is 45.2. The molecule has 4 rings (SSSR count). The van der Waals surface area contributed by atoms with Crippen LogP contribution in [-0.4, -0.2) is 59.1 Å². The Labute approximate surface area is 222 Å². The van der Waals surface area contributed by atoms with E-state index >= 15 is 0 Å². The fraction of sp³-hybridized carbons (Fsp3) is 0.500.